The van der Waals surface area contributed by atoms with Crippen LogP contribution in [-0.2, 0) is 6.54 Å². The van der Waals surface area contributed by atoms with E-state index in [1.165, 1.54) is 47.9 Å². The summed E-state index contributed by atoms with van der Waals surface area (Å²) in [6.07, 6.45) is 2.33. The van der Waals surface area contributed by atoms with Crippen LogP contribution in [0.4, 0.5) is 5.69 Å². The molecule has 0 saturated carbocycles. The number of nitrogens with zero attached hydrogens (tertiary/aromatic N) is 2. The van der Waals surface area contributed by atoms with Crippen LogP contribution in [0.3, 0.4) is 0 Å². The first-order chi connectivity index (χ1) is 13.2. The van der Waals surface area contributed by atoms with Gasteiger partial charge in [-0.1, -0.05) is 29.5 Å². The van der Waals surface area contributed by atoms with Crippen LogP contribution in [0.15, 0.2) is 63.8 Å². The van der Waals surface area contributed by atoms with Crippen LogP contribution >= 0.6 is 23.1 Å². The van der Waals surface area contributed by atoms with Crippen molar-refractivity contribution in [3.63, 3.8) is 0 Å². The van der Waals surface area contributed by atoms with Crippen LogP contribution in [0.2, 0.25) is 0 Å². The van der Waals surface area contributed by atoms with Gasteiger partial charge in [-0.2, -0.15) is 4.57 Å². The van der Waals surface area contributed by atoms with Crippen molar-refractivity contribution < 1.29 is 4.57 Å². The Balaban J connectivity index is 1.64. The predicted octanol–water partition coefficient (Wildman–Crippen LogP) is 6.21. The Kier molecular flexibility index (Phi) is 3.99. The van der Waals surface area contributed by atoms with Gasteiger partial charge in [0.05, 0.1) is 15.4 Å². The first-order valence-corrected chi connectivity index (χ1v) is 10.9. The molecule has 0 fully saturated rings. The number of fused-ring (bicyclic) bond motifs is 4. The van der Waals surface area contributed by atoms with Gasteiger partial charge in [0.2, 0.25) is 11.2 Å². The second kappa shape index (κ2) is 6.39. The van der Waals surface area contributed by atoms with Crippen molar-refractivity contribution in [2.75, 3.05) is 11.9 Å². The molecule has 0 spiro atoms. The third kappa shape index (κ3) is 2.67. The standard InChI is InChI=1S/C23H21N2S2/c1-4-25-18(8-6-17-13-15(2)5-9-19(17)25)14-21-24(3)22-20(27-21)10-7-16-11-12-26-23(16)22/h5-14H,4H2,1-3H3/q+1. The number of aryl methyl sites for hydroxylation is 2. The van der Waals surface area contributed by atoms with Gasteiger partial charge in [0.15, 0.2) is 0 Å². The van der Waals surface area contributed by atoms with Gasteiger partial charge in [0.25, 0.3) is 0 Å². The van der Waals surface area contributed by atoms with Crippen molar-refractivity contribution in [2.45, 2.75) is 25.3 Å². The minimum absolute atomic E-state index is 0.954. The van der Waals surface area contributed by atoms with Gasteiger partial charge in [-0.15, -0.1) is 11.3 Å². The molecule has 4 heteroatoms. The quantitative estimate of drug-likeness (QED) is 0.376. The molecule has 0 bridgehead atoms. The van der Waals surface area contributed by atoms with E-state index >= 15 is 0 Å². The Morgan fingerprint density at radius 2 is 1.89 bits per heavy atom. The van der Waals surface area contributed by atoms with Crippen LogP contribution in [0.1, 0.15) is 18.2 Å². The summed E-state index contributed by atoms with van der Waals surface area (Å²) in [6, 6.07) is 17.9. The van der Waals surface area contributed by atoms with Crippen molar-refractivity contribution in [1.29, 1.82) is 0 Å². The molecule has 1 aliphatic rings. The summed E-state index contributed by atoms with van der Waals surface area (Å²) < 4.78 is 3.78. The van der Waals surface area contributed by atoms with Gasteiger partial charge >= 0.3 is 0 Å². The van der Waals surface area contributed by atoms with E-state index in [0.29, 0.717) is 0 Å². The third-order valence-electron chi connectivity index (χ3n) is 5.25. The summed E-state index contributed by atoms with van der Waals surface area (Å²) in [6.45, 7) is 5.32. The van der Waals surface area contributed by atoms with Gasteiger partial charge in [-0.3, -0.25) is 0 Å². The molecular weight excluding hydrogens is 368 g/mol. The largest absolute Gasteiger partial charge is 0.337 e. The van der Waals surface area contributed by atoms with Crippen molar-refractivity contribution in [2.24, 2.45) is 0 Å². The molecule has 4 aromatic rings. The third-order valence-corrected chi connectivity index (χ3v) is 7.33. The highest BCUT2D eigenvalue weighted by Gasteiger charge is 2.26. The zero-order valence-corrected chi connectivity index (χ0v) is 17.3. The summed E-state index contributed by atoms with van der Waals surface area (Å²) >= 11 is 3.69. The lowest BCUT2D eigenvalue weighted by Gasteiger charge is -2.14. The fourth-order valence-corrected chi connectivity index (χ4v) is 6.03. The summed E-state index contributed by atoms with van der Waals surface area (Å²) in [5, 5.41) is 6.09. The maximum Gasteiger partial charge on any atom is 0.212 e. The highest BCUT2D eigenvalue weighted by atomic mass is 32.2. The molecule has 0 radical (unpaired) electrons. The minimum atomic E-state index is 0.954. The van der Waals surface area contributed by atoms with E-state index in [-0.39, 0.29) is 0 Å². The second-order valence-electron chi connectivity index (χ2n) is 6.96. The number of hydrogen-bond donors (Lipinski definition) is 0. The van der Waals surface area contributed by atoms with Crippen molar-refractivity contribution in [3.8, 4) is 0 Å². The Hall–Kier alpha value is -2.30. The molecule has 3 heterocycles. The van der Waals surface area contributed by atoms with Crippen LogP contribution in [0, 0.1) is 6.92 Å². The molecule has 0 unspecified atom stereocenters. The molecule has 2 aromatic carbocycles. The lowest BCUT2D eigenvalue weighted by Crippen LogP contribution is -2.36. The van der Waals surface area contributed by atoms with Crippen LogP contribution in [0.25, 0.3) is 27.1 Å². The van der Waals surface area contributed by atoms with E-state index in [9.17, 15) is 0 Å². The number of hydrogen-bond acceptors (Lipinski definition) is 3. The average Bonchev–Trinajstić information content (AvgIpc) is 3.26. The molecule has 0 saturated heterocycles. The molecule has 0 atom stereocenters. The van der Waals surface area contributed by atoms with E-state index in [2.05, 4.69) is 90.3 Å². The Bertz CT molecular complexity index is 1220. The van der Waals surface area contributed by atoms with Gasteiger partial charge in [0.1, 0.15) is 6.54 Å². The zero-order valence-electron chi connectivity index (χ0n) is 15.7. The van der Waals surface area contributed by atoms with E-state index in [1.54, 1.807) is 0 Å². The molecule has 27 heavy (non-hydrogen) atoms. The fraction of sp³-hybridized carbons (Fsp3) is 0.174. The predicted molar refractivity (Wildman–Crippen MR) is 119 cm³/mol. The normalized spacial score (nSPS) is 15.2. The van der Waals surface area contributed by atoms with Crippen LogP contribution in [0.5, 0.6) is 0 Å². The van der Waals surface area contributed by atoms with E-state index in [4.69, 9.17) is 0 Å². The first-order valence-electron chi connectivity index (χ1n) is 9.22. The van der Waals surface area contributed by atoms with Crippen molar-refractivity contribution in [1.82, 2.24) is 0 Å². The minimum Gasteiger partial charge on any atom is -0.337 e. The molecule has 0 amide bonds. The number of benzene rings is 2. The topological polar surface area (TPSA) is 7.12 Å². The first kappa shape index (κ1) is 16.8. The molecular formula is C23H21N2S2+. The molecule has 0 N–H and O–H groups in total. The van der Waals surface area contributed by atoms with Gasteiger partial charge in [0, 0.05) is 35.5 Å². The number of anilines is 1. The lowest BCUT2D eigenvalue weighted by atomic mass is 10.1. The number of thiophene rings is 1. The maximum atomic E-state index is 2.40. The zero-order chi connectivity index (χ0) is 18.5. The number of pyridine rings is 1. The van der Waals surface area contributed by atoms with E-state index in [0.717, 1.165) is 6.54 Å². The van der Waals surface area contributed by atoms with Gasteiger partial charge in [-0.05, 0) is 48.9 Å². The van der Waals surface area contributed by atoms with Gasteiger partial charge < -0.3 is 4.90 Å². The number of aromatic nitrogens is 1. The number of thioether (sulfide) groups is 1. The van der Waals surface area contributed by atoms with Crippen molar-refractivity contribution in [3.05, 3.63) is 70.2 Å². The smallest absolute Gasteiger partial charge is 0.212 e. The second-order valence-corrected chi connectivity index (χ2v) is 8.94. The molecule has 5 rings (SSSR count). The number of rotatable bonds is 2. The van der Waals surface area contributed by atoms with Gasteiger partial charge in [-0.25, -0.2) is 0 Å². The molecule has 2 nitrogen and oxygen atoms in total. The SMILES string of the molecule is CC[n+]1c(/C=C2\Sc3ccc4ccsc4c3N2C)ccc2cc(C)ccc21. The maximum absolute atomic E-state index is 2.40. The lowest BCUT2D eigenvalue weighted by molar-refractivity contribution is -0.669. The van der Waals surface area contributed by atoms with E-state index in [1.807, 2.05) is 23.1 Å². The van der Waals surface area contributed by atoms with Crippen LogP contribution < -0.4 is 9.47 Å². The summed E-state index contributed by atoms with van der Waals surface area (Å²) in [7, 11) is 2.19. The van der Waals surface area contributed by atoms with Crippen molar-refractivity contribution >= 4 is 55.9 Å². The monoisotopic (exact) mass is 389 g/mol. The molecule has 134 valence electrons. The van der Waals surface area contributed by atoms with Crippen LogP contribution in [-0.4, -0.2) is 7.05 Å². The average molecular weight is 390 g/mol. The van der Waals surface area contributed by atoms with E-state index < -0.39 is 0 Å². The summed E-state index contributed by atoms with van der Waals surface area (Å²) in [5.74, 6) is 0. The summed E-state index contributed by atoms with van der Waals surface area (Å²) in [4.78, 5) is 3.69. The Labute approximate surface area is 167 Å². The highest BCUT2D eigenvalue weighted by Crippen LogP contribution is 2.50. The Morgan fingerprint density at radius 3 is 2.74 bits per heavy atom. The Morgan fingerprint density at radius 1 is 1.04 bits per heavy atom. The molecule has 1 aliphatic heterocycles. The summed E-state index contributed by atoms with van der Waals surface area (Å²) in [5.41, 5.74) is 5.19. The molecule has 0 aliphatic carbocycles. The fourth-order valence-electron chi connectivity index (χ4n) is 3.88. The molecule has 2 aromatic heterocycles. The highest BCUT2D eigenvalue weighted by molar-refractivity contribution is 8.04.